The number of sulfone groups is 1. The van der Waals surface area contributed by atoms with Gasteiger partial charge in [0.2, 0.25) is 0 Å². The van der Waals surface area contributed by atoms with E-state index < -0.39 is 26.2 Å². The zero-order chi connectivity index (χ0) is 21.7. The number of nitro groups is 1. The van der Waals surface area contributed by atoms with E-state index in [-0.39, 0.29) is 16.5 Å². The van der Waals surface area contributed by atoms with Crippen LogP contribution in [0.5, 0.6) is 11.5 Å². The number of nitro benzene ring substituents is 1. The van der Waals surface area contributed by atoms with Crippen molar-refractivity contribution < 1.29 is 22.9 Å². The number of rotatable bonds is 7. The Balaban J connectivity index is 1.77. The van der Waals surface area contributed by atoms with Crippen LogP contribution in [-0.2, 0) is 15.6 Å². The van der Waals surface area contributed by atoms with Crippen LogP contribution in [0.4, 0.5) is 5.69 Å². The molecule has 10 heteroatoms. The van der Waals surface area contributed by atoms with Crippen LogP contribution < -0.4 is 10.1 Å². The average molecular weight is 427 g/mol. The molecule has 0 radical (unpaired) electrons. The second-order valence-electron chi connectivity index (χ2n) is 6.19. The molecule has 1 amide bonds. The SMILES string of the molecule is CNC(=O)c1cc(Oc2ccc(CS(=O)(=O)c3ccccc3[N+](=O)[O-])cc2)ccn1. The van der Waals surface area contributed by atoms with Crippen molar-refractivity contribution >= 4 is 21.4 Å². The monoisotopic (exact) mass is 427 g/mol. The summed E-state index contributed by atoms with van der Waals surface area (Å²) in [6, 6.07) is 14.6. The van der Waals surface area contributed by atoms with Crippen LogP contribution in [0, 0.1) is 10.1 Å². The largest absolute Gasteiger partial charge is 0.457 e. The van der Waals surface area contributed by atoms with Crippen LogP contribution >= 0.6 is 0 Å². The van der Waals surface area contributed by atoms with E-state index in [9.17, 15) is 23.3 Å². The molecule has 0 saturated carbocycles. The lowest BCUT2D eigenvalue weighted by Gasteiger charge is -2.09. The van der Waals surface area contributed by atoms with Crippen LogP contribution in [0.25, 0.3) is 0 Å². The highest BCUT2D eigenvalue weighted by molar-refractivity contribution is 7.90. The number of nitrogens with one attached hydrogen (secondary N) is 1. The Morgan fingerprint density at radius 1 is 1.10 bits per heavy atom. The number of carbonyl (C=O) groups excluding carboxylic acids is 1. The van der Waals surface area contributed by atoms with Gasteiger partial charge < -0.3 is 10.1 Å². The minimum Gasteiger partial charge on any atom is -0.457 e. The first-order valence-corrected chi connectivity index (χ1v) is 10.4. The molecule has 3 aromatic rings. The number of benzene rings is 2. The standard InChI is InChI=1S/C20H17N3O6S/c1-21-20(24)17-12-16(10-11-22-17)29-15-8-6-14(7-9-15)13-30(27,28)19-5-3-2-4-18(19)23(25)26/h2-12H,13H2,1H3,(H,21,24). The second-order valence-corrected chi connectivity index (χ2v) is 8.14. The first kappa shape index (κ1) is 20.9. The Bertz CT molecular complexity index is 1190. The van der Waals surface area contributed by atoms with Crippen molar-refractivity contribution in [3.8, 4) is 11.5 Å². The van der Waals surface area contributed by atoms with E-state index in [1.807, 2.05) is 0 Å². The molecule has 0 aliphatic rings. The predicted octanol–water partition coefficient (Wildman–Crippen LogP) is 3.12. The highest BCUT2D eigenvalue weighted by atomic mass is 32.2. The van der Waals surface area contributed by atoms with Crippen LogP contribution in [0.2, 0.25) is 0 Å². The fourth-order valence-corrected chi connectivity index (χ4v) is 4.22. The molecule has 1 heterocycles. The third kappa shape index (κ3) is 4.78. The summed E-state index contributed by atoms with van der Waals surface area (Å²) in [5, 5.41) is 13.6. The van der Waals surface area contributed by atoms with Gasteiger partial charge in [-0.2, -0.15) is 0 Å². The molecule has 9 nitrogen and oxygen atoms in total. The molecule has 1 N–H and O–H groups in total. The van der Waals surface area contributed by atoms with E-state index in [1.165, 1.54) is 37.5 Å². The fraction of sp³-hybridized carbons (Fsp3) is 0.100. The Hall–Kier alpha value is -3.79. The van der Waals surface area contributed by atoms with Crippen LogP contribution in [-0.4, -0.2) is 31.3 Å². The first-order chi connectivity index (χ1) is 14.3. The number of aromatic nitrogens is 1. The summed E-state index contributed by atoms with van der Waals surface area (Å²) in [6.45, 7) is 0. The van der Waals surface area contributed by atoms with E-state index >= 15 is 0 Å². The first-order valence-electron chi connectivity index (χ1n) is 8.71. The minimum atomic E-state index is -3.91. The molecule has 0 aliphatic heterocycles. The zero-order valence-electron chi connectivity index (χ0n) is 15.8. The van der Waals surface area contributed by atoms with Gasteiger partial charge in [0.05, 0.1) is 10.7 Å². The summed E-state index contributed by atoms with van der Waals surface area (Å²) in [4.78, 5) is 25.7. The Kier molecular flexibility index (Phi) is 6.07. The van der Waals surface area contributed by atoms with Gasteiger partial charge in [-0.1, -0.05) is 24.3 Å². The van der Waals surface area contributed by atoms with Crippen molar-refractivity contribution in [3.05, 3.63) is 88.2 Å². The Labute approximate surface area is 172 Å². The number of para-hydroxylation sites is 1. The van der Waals surface area contributed by atoms with E-state index in [1.54, 1.807) is 30.3 Å². The molecule has 0 atom stereocenters. The van der Waals surface area contributed by atoms with Crippen molar-refractivity contribution in [2.24, 2.45) is 0 Å². The lowest BCUT2D eigenvalue weighted by atomic mass is 10.2. The molecular weight excluding hydrogens is 410 g/mol. The average Bonchev–Trinajstić information content (AvgIpc) is 2.74. The quantitative estimate of drug-likeness (QED) is 0.453. The maximum atomic E-state index is 12.7. The summed E-state index contributed by atoms with van der Waals surface area (Å²) in [6.07, 6.45) is 1.44. The summed E-state index contributed by atoms with van der Waals surface area (Å²) in [5.74, 6) is 0.0737. The Morgan fingerprint density at radius 3 is 2.47 bits per heavy atom. The fourth-order valence-electron chi connectivity index (χ4n) is 2.68. The number of carbonyl (C=O) groups is 1. The number of hydrogen-bond donors (Lipinski definition) is 1. The highest BCUT2D eigenvalue weighted by Crippen LogP contribution is 2.27. The Morgan fingerprint density at radius 2 is 1.80 bits per heavy atom. The minimum absolute atomic E-state index is 0.196. The number of amides is 1. The summed E-state index contributed by atoms with van der Waals surface area (Å²) in [5.41, 5.74) is 0.186. The lowest BCUT2D eigenvalue weighted by Crippen LogP contribution is -2.18. The molecule has 1 aromatic heterocycles. The normalized spacial score (nSPS) is 11.0. The topological polar surface area (TPSA) is 128 Å². The molecule has 0 spiro atoms. The highest BCUT2D eigenvalue weighted by Gasteiger charge is 2.25. The molecule has 30 heavy (non-hydrogen) atoms. The van der Waals surface area contributed by atoms with E-state index in [0.717, 1.165) is 6.07 Å². The smallest absolute Gasteiger partial charge is 0.287 e. The molecule has 0 fully saturated rings. The number of pyridine rings is 1. The lowest BCUT2D eigenvalue weighted by molar-refractivity contribution is -0.387. The van der Waals surface area contributed by atoms with Crippen LogP contribution in [0.15, 0.2) is 71.8 Å². The van der Waals surface area contributed by atoms with Gasteiger partial charge in [0.25, 0.3) is 11.6 Å². The van der Waals surface area contributed by atoms with E-state index in [0.29, 0.717) is 17.1 Å². The summed E-state index contributed by atoms with van der Waals surface area (Å²) >= 11 is 0. The summed E-state index contributed by atoms with van der Waals surface area (Å²) in [7, 11) is -2.42. The van der Waals surface area contributed by atoms with Gasteiger partial charge in [0, 0.05) is 25.4 Å². The molecule has 0 bridgehead atoms. The number of nitrogens with zero attached hydrogens (tertiary/aromatic N) is 2. The maximum Gasteiger partial charge on any atom is 0.287 e. The van der Waals surface area contributed by atoms with E-state index in [4.69, 9.17) is 4.74 Å². The molecule has 0 saturated heterocycles. The van der Waals surface area contributed by atoms with Crippen molar-refractivity contribution in [2.45, 2.75) is 10.6 Å². The van der Waals surface area contributed by atoms with Crippen molar-refractivity contribution in [1.82, 2.24) is 10.3 Å². The van der Waals surface area contributed by atoms with Gasteiger partial charge in [-0.25, -0.2) is 8.42 Å². The van der Waals surface area contributed by atoms with Gasteiger partial charge in [0.1, 0.15) is 22.1 Å². The third-order valence-corrected chi connectivity index (χ3v) is 5.83. The van der Waals surface area contributed by atoms with Crippen LogP contribution in [0.3, 0.4) is 0 Å². The van der Waals surface area contributed by atoms with Crippen molar-refractivity contribution in [3.63, 3.8) is 0 Å². The van der Waals surface area contributed by atoms with Gasteiger partial charge >= 0.3 is 0 Å². The summed E-state index contributed by atoms with van der Waals surface area (Å²) < 4.78 is 31.0. The number of hydrogen-bond acceptors (Lipinski definition) is 7. The van der Waals surface area contributed by atoms with Crippen molar-refractivity contribution in [2.75, 3.05) is 7.05 Å². The third-order valence-electron chi connectivity index (χ3n) is 4.10. The molecule has 2 aromatic carbocycles. The van der Waals surface area contributed by atoms with E-state index in [2.05, 4.69) is 10.3 Å². The van der Waals surface area contributed by atoms with Gasteiger partial charge in [-0.15, -0.1) is 0 Å². The van der Waals surface area contributed by atoms with Crippen LogP contribution in [0.1, 0.15) is 16.1 Å². The predicted molar refractivity (Wildman–Crippen MR) is 108 cm³/mol. The van der Waals surface area contributed by atoms with Gasteiger partial charge in [0.15, 0.2) is 9.84 Å². The van der Waals surface area contributed by atoms with Crippen molar-refractivity contribution in [1.29, 1.82) is 0 Å². The molecular formula is C20H17N3O6S. The zero-order valence-corrected chi connectivity index (χ0v) is 16.6. The second kappa shape index (κ2) is 8.70. The maximum absolute atomic E-state index is 12.7. The molecule has 3 rings (SSSR count). The molecule has 0 aliphatic carbocycles. The molecule has 0 unspecified atom stereocenters. The van der Waals surface area contributed by atoms with Gasteiger partial charge in [-0.3, -0.25) is 19.9 Å². The van der Waals surface area contributed by atoms with Gasteiger partial charge in [-0.05, 0) is 29.8 Å². The number of ether oxygens (including phenoxy) is 1. The molecule has 154 valence electrons.